The molecule has 14 heavy (non-hydrogen) atoms. The summed E-state index contributed by atoms with van der Waals surface area (Å²) in [4.78, 5) is 14.2. The van der Waals surface area contributed by atoms with Gasteiger partial charge in [0.2, 0.25) is 0 Å². The number of likely N-dealkylation sites (N-methyl/N-ethyl adjacent to an activating group) is 1. The van der Waals surface area contributed by atoms with Crippen molar-refractivity contribution < 1.29 is 4.79 Å². The van der Waals surface area contributed by atoms with Crippen molar-refractivity contribution in [2.75, 3.05) is 13.6 Å². The SMILES string of the molecule is CC(CN)N(C)C(=O)c1ccc(Br)s1. The fourth-order valence-corrected chi connectivity index (χ4v) is 2.33. The predicted molar refractivity (Wildman–Crippen MR) is 62.6 cm³/mol. The van der Waals surface area contributed by atoms with E-state index in [1.165, 1.54) is 11.3 Å². The summed E-state index contributed by atoms with van der Waals surface area (Å²) in [6.45, 7) is 2.41. The first-order valence-corrected chi connectivity index (χ1v) is 5.89. The van der Waals surface area contributed by atoms with Gasteiger partial charge in [0.1, 0.15) is 0 Å². The van der Waals surface area contributed by atoms with E-state index in [1.54, 1.807) is 11.9 Å². The third kappa shape index (κ3) is 2.56. The van der Waals surface area contributed by atoms with Gasteiger partial charge in [0.05, 0.1) is 8.66 Å². The van der Waals surface area contributed by atoms with Crippen molar-refractivity contribution in [2.45, 2.75) is 13.0 Å². The van der Waals surface area contributed by atoms with Crippen LogP contribution in [0.25, 0.3) is 0 Å². The molecule has 3 nitrogen and oxygen atoms in total. The number of thiophene rings is 1. The first-order valence-electron chi connectivity index (χ1n) is 4.28. The summed E-state index contributed by atoms with van der Waals surface area (Å²) >= 11 is 4.76. The standard InChI is InChI=1S/C9H13BrN2OS/c1-6(5-11)12(2)9(13)7-3-4-8(10)14-7/h3-4,6H,5,11H2,1-2H3. The molecule has 1 amide bonds. The number of amides is 1. The molecule has 1 atom stereocenters. The Bertz CT molecular complexity index is 326. The summed E-state index contributed by atoms with van der Waals surface area (Å²) < 4.78 is 0.967. The van der Waals surface area contributed by atoms with E-state index in [0.717, 1.165) is 8.66 Å². The lowest BCUT2D eigenvalue weighted by Crippen LogP contribution is -2.39. The quantitative estimate of drug-likeness (QED) is 0.917. The number of nitrogens with zero attached hydrogens (tertiary/aromatic N) is 1. The molecule has 2 N–H and O–H groups in total. The van der Waals surface area contributed by atoms with Gasteiger partial charge in [-0.05, 0) is 35.0 Å². The van der Waals surface area contributed by atoms with Gasteiger partial charge in [-0.3, -0.25) is 4.79 Å². The number of hydrogen-bond acceptors (Lipinski definition) is 3. The van der Waals surface area contributed by atoms with Crippen molar-refractivity contribution in [1.29, 1.82) is 0 Å². The molecule has 0 aliphatic rings. The summed E-state index contributed by atoms with van der Waals surface area (Å²) in [7, 11) is 1.77. The van der Waals surface area contributed by atoms with Gasteiger partial charge >= 0.3 is 0 Å². The van der Waals surface area contributed by atoms with Crippen LogP contribution in [0.4, 0.5) is 0 Å². The van der Waals surface area contributed by atoms with Gasteiger partial charge < -0.3 is 10.6 Å². The lowest BCUT2D eigenvalue weighted by Gasteiger charge is -2.22. The Hall–Kier alpha value is -0.390. The van der Waals surface area contributed by atoms with Crippen LogP contribution in [0.3, 0.4) is 0 Å². The maximum Gasteiger partial charge on any atom is 0.263 e. The lowest BCUT2D eigenvalue weighted by atomic mass is 10.3. The molecule has 5 heteroatoms. The lowest BCUT2D eigenvalue weighted by molar-refractivity contribution is 0.0753. The first kappa shape index (κ1) is 11.7. The highest BCUT2D eigenvalue weighted by Gasteiger charge is 2.17. The molecule has 0 bridgehead atoms. The summed E-state index contributed by atoms with van der Waals surface area (Å²) in [5.41, 5.74) is 5.49. The molecule has 0 fully saturated rings. The molecule has 78 valence electrons. The van der Waals surface area contributed by atoms with Crippen LogP contribution in [0.2, 0.25) is 0 Å². The van der Waals surface area contributed by atoms with E-state index in [1.807, 2.05) is 19.1 Å². The number of nitrogens with two attached hydrogens (primary N) is 1. The molecule has 0 aromatic carbocycles. The topological polar surface area (TPSA) is 46.3 Å². The highest BCUT2D eigenvalue weighted by molar-refractivity contribution is 9.11. The second-order valence-electron chi connectivity index (χ2n) is 3.10. The van der Waals surface area contributed by atoms with Crippen LogP contribution in [0.1, 0.15) is 16.6 Å². The third-order valence-electron chi connectivity index (χ3n) is 2.11. The minimum Gasteiger partial charge on any atom is -0.337 e. The van der Waals surface area contributed by atoms with E-state index in [-0.39, 0.29) is 11.9 Å². The molecule has 0 aliphatic carbocycles. The van der Waals surface area contributed by atoms with Crippen LogP contribution in [0.15, 0.2) is 15.9 Å². The van der Waals surface area contributed by atoms with Gasteiger partial charge in [-0.15, -0.1) is 11.3 Å². The monoisotopic (exact) mass is 276 g/mol. The molecule has 0 saturated carbocycles. The minimum atomic E-state index is 0.0265. The van der Waals surface area contributed by atoms with Gasteiger partial charge in [0.15, 0.2) is 0 Å². The number of halogens is 1. The van der Waals surface area contributed by atoms with E-state index in [9.17, 15) is 4.79 Å². The van der Waals surface area contributed by atoms with E-state index in [2.05, 4.69) is 15.9 Å². The van der Waals surface area contributed by atoms with Crippen LogP contribution in [-0.4, -0.2) is 30.4 Å². The van der Waals surface area contributed by atoms with Crippen molar-refractivity contribution in [1.82, 2.24) is 4.90 Å². The van der Waals surface area contributed by atoms with Crippen molar-refractivity contribution in [3.05, 3.63) is 20.8 Å². The Morgan fingerprint density at radius 3 is 2.79 bits per heavy atom. The third-order valence-corrected chi connectivity index (χ3v) is 3.72. The molecule has 0 spiro atoms. The Morgan fingerprint density at radius 2 is 2.36 bits per heavy atom. The fourth-order valence-electron chi connectivity index (χ4n) is 0.961. The average Bonchev–Trinajstić information content (AvgIpc) is 2.61. The van der Waals surface area contributed by atoms with E-state index in [0.29, 0.717) is 6.54 Å². The largest absolute Gasteiger partial charge is 0.337 e. The fraction of sp³-hybridized carbons (Fsp3) is 0.444. The van der Waals surface area contributed by atoms with Gasteiger partial charge in [-0.2, -0.15) is 0 Å². The minimum absolute atomic E-state index is 0.0265. The zero-order chi connectivity index (χ0) is 10.7. The zero-order valence-electron chi connectivity index (χ0n) is 8.16. The average molecular weight is 277 g/mol. The van der Waals surface area contributed by atoms with E-state index < -0.39 is 0 Å². The van der Waals surface area contributed by atoms with Gasteiger partial charge in [-0.1, -0.05) is 0 Å². The molecule has 0 aliphatic heterocycles. The predicted octanol–water partition coefficient (Wildman–Crippen LogP) is 1.93. The Kier molecular flexibility index (Phi) is 4.10. The molecule has 0 saturated heterocycles. The summed E-state index contributed by atoms with van der Waals surface area (Å²) in [6, 6.07) is 3.76. The van der Waals surface area contributed by atoms with Crippen LogP contribution < -0.4 is 5.73 Å². The van der Waals surface area contributed by atoms with Crippen LogP contribution in [0.5, 0.6) is 0 Å². The van der Waals surface area contributed by atoms with Crippen LogP contribution in [0, 0.1) is 0 Å². The van der Waals surface area contributed by atoms with Gasteiger partial charge in [0, 0.05) is 19.6 Å². The summed E-state index contributed by atoms with van der Waals surface area (Å²) in [5, 5.41) is 0. The first-order chi connectivity index (χ1) is 6.56. The maximum absolute atomic E-state index is 11.8. The van der Waals surface area contributed by atoms with Gasteiger partial charge in [0.25, 0.3) is 5.91 Å². The number of hydrogen-bond donors (Lipinski definition) is 1. The molecule has 0 radical (unpaired) electrons. The number of carbonyl (C=O) groups excluding carboxylic acids is 1. The smallest absolute Gasteiger partial charge is 0.263 e. The molecule has 1 unspecified atom stereocenters. The highest BCUT2D eigenvalue weighted by Crippen LogP contribution is 2.23. The number of carbonyl (C=O) groups is 1. The second kappa shape index (κ2) is 4.91. The zero-order valence-corrected chi connectivity index (χ0v) is 10.6. The molecule has 1 aromatic rings. The van der Waals surface area contributed by atoms with E-state index >= 15 is 0 Å². The Balaban J connectivity index is 2.75. The normalized spacial score (nSPS) is 12.6. The van der Waals surface area contributed by atoms with Crippen LogP contribution in [-0.2, 0) is 0 Å². The molecular formula is C9H13BrN2OS. The maximum atomic E-state index is 11.8. The molecule has 1 aromatic heterocycles. The van der Waals surface area contributed by atoms with Gasteiger partial charge in [-0.25, -0.2) is 0 Å². The second-order valence-corrected chi connectivity index (χ2v) is 5.57. The highest BCUT2D eigenvalue weighted by atomic mass is 79.9. The molecular weight excluding hydrogens is 264 g/mol. The molecule has 1 heterocycles. The van der Waals surface area contributed by atoms with Crippen molar-refractivity contribution in [2.24, 2.45) is 5.73 Å². The molecule has 1 rings (SSSR count). The summed E-state index contributed by atoms with van der Waals surface area (Å²) in [5.74, 6) is 0.0265. The van der Waals surface area contributed by atoms with Crippen LogP contribution >= 0.6 is 27.3 Å². The van der Waals surface area contributed by atoms with Crippen molar-refractivity contribution >= 4 is 33.2 Å². The van der Waals surface area contributed by atoms with Crippen molar-refractivity contribution in [3.63, 3.8) is 0 Å². The van der Waals surface area contributed by atoms with E-state index in [4.69, 9.17) is 5.73 Å². The van der Waals surface area contributed by atoms with Crippen molar-refractivity contribution in [3.8, 4) is 0 Å². The Morgan fingerprint density at radius 1 is 1.71 bits per heavy atom. The number of rotatable bonds is 3. The Labute approximate surface area is 96.0 Å². The summed E-state index contributed by atoms with van der Waals surface area (Å²) in [6.07, 6.45) is 0.